The molecule has 160 valence electrons. The number of hydrogen-bond donors (Lipinski definition) is 2. The van der Waals surface area contributed by atoms with Gasteiger partial charge in [0.25, 0.3) is 0 Å². The molecule has 0 saturated heterocycles. The van der Waals surface area contributed by atoms with Crippen LogP contribution in [0.5, 0.6) is 5.75 Å². The van der Waals surface area contributed by atoms with E-state index in [2.05, 4.69) is 22.7 Å². The second-order valence-corrected chi connectivity index (χ2v) is 7.56. The number of nitrogens with one attached hydrogen (secondary N) is 2. The van der Waals surface area contributed by atoms with Crippen molar-refractivity contribution in [1.29, 1.82) is 0 Å². The summed E-state index contributed by atoms with van der Waals surface area (Å²) in [7, 11) is 0. The van der Waals surface area contributed by atoms with Crippen molar-refractivity contribution in [2.75, 3.05) is 18.5 Å². The van der Waals surface area contributed by atoms with Crippen LogP contribution in [0.1, 0.15) is 43.0 Å². The molecule has 1 aliphatic rings. The van der Waals surface area contributed by atoms with Gasteiger partial charge in [0.05, 0.1) is 12.2 Å². The third-order valence-corrected chi connectivity index (χ3v) is 5.28. The van der Waals surface area contributed by atoms with Crippen LogP contribution < -0.4 is 15.4 Å². The normalized spacial score (nSPS) is 13.2. The molecule has 8 heteroatoms. The zero-order valence-corrected chi connectivity index (χ0v) is 18.1. The molecule has 0 radical (unpaired) electrons. The van der Waals surface area contributed by atoms with Gasteiger partial charge >= 0.3 is 0 Å². The van der Waals surface area contributed by atoms with Crippen LogP contribution in [-0.2, 0) is 22.6 Å². The number of amides is 2. The molecule has 1 aromatic carbocycles. The van der Waals surface area contributed by atoms with E-state index in [-0.39, 0.29) is 11.8 Å². The first-order valence-corrected chi connectivity index (χ1v) is 10.6. The summed E-state index contributed by atoms with van der Waals surface area (Å²) in [5.74, 6) is 0.539. The molecule has 0 atom stereocenters. The fourth-order valence-electron chi connectivity index (χ4n) is 3.22. The molecule has 7 nitrogen and oxygen atoms in total. The predicted molar refractivity (Wildman–Crippen MR) is 118 cm³/mol. The highest BCUT2D eigenvalue weighted by Crippen LogP contribution is 2.26. The number of ether oxygens (including phenoxy) is 1. The lowest BCUT2D eigenvalue weighted by Gasteiger charge is -2.17. The monoisotopic (exact) mass is 430 g/mol. The van der Waals surface area contributed by atoms with E-state index in [0.717, 1.165) is 47.6 Å². The average Bonchev–Trinajstić information content (AvgIpc) is 3.00. The molecule has 0 spiro atoms. The first-order valence-electron chi connectivity index (χ1n) is 10.2. The third kappa shape index (κ3) is 5.63. The Bertz CT molecular complexity index is 952. The summed E-state index contributed by atoms with van der Waals surface area (Å²) in [6, 6.07) is 5.58. The van der Waals surface area contributed by atoms with Gasteiger partial charge in [0.1, 0.15) is 17.5 Å². The minimum atomic E-state index is -0.219. The first-order chi connectivity index (χ1) is 14.5. The number of fused-ring (bicyclic) bond motifs is 1. The van der Waals surface area contributed by atoms with E-state index in [1.807, 2.05) is 25.1 Å². The molecule has 2 N–H and O–H groups in total. The molecule has 2 aromatic rings. The van der Waals surface area contributed by atoms with E-state index in [9.17, 15) is 9.59 Å². The van der Waals surface area contributed by atoms with E-state index in [0.29, 0.717) is 31.1 Å². The van der Waals surface area contributed by atoms with Crippen molar-refractivity contribution in [3.8, 4) is 5.75 Å². The van der Waals surface area contributed by atoms with E-state index < -0.39 is 0 Å². The summed E-state index contributed by atoms with van der Waals surface area (Å²) in [6.45, 7) is 5.48. The number of halogens is 1. The van der Waals surface area contributed by atoms with Crippen molar-refractivity contribution in [3.63, 3.8) is 0 Å². The molecule has 0 unspecified atom stereocenters. The van der Waals surface area contributed by atoms with Gasteiger partial charge in [0.2, 0.25) is 11.8 Å². The smallest absolute Gasteiger partial charge is 0.244 e. The van der Waals surface area contributed by atoms with Gasteiger partial charge in [-0.2, -0.15) is 5.10 Å². The van der Waals surface area contributed by atoms with Crippen molar-refractivity contribution in [2.24, 2.45) is 0 Å². The van der Waals surface area contributed by atoms with Gasteiger partial charge in [0, 0.05) is 30.3 Å². The maximum atomic E-state index is 12.1. The van der Waals surface area contributed by atoms with E-state index >= 15 is 0 Å². The molecule has 0 saturated carbocycles. The molecule has 1 aromatic heterocycles. The number of rotatable bonds is 9. The maximum Gasteiger partial charge on any atom is 0.244 e. The fourth-order valence-corrected chi connectivity index (χ4v) is 3.55. The Hall–Kier alpha value is -2.80. The summed E-state index contributed by atoms with van der Waals surface area (Å²) >= 11 is 6.38. The average molecular weight is 431 g/mol. The molecular weight excluding hydrogens is 404 g/mol. The Morgan fingerprint density at radius 1 is 1.40 bits per heavy atom. The minimum absolute atomic E-state index is 0.0386. The second kappa shape index (κ2) is 10.3. The molecule has 30 heavy (non-hydrogen) atoms. The molecule has 3 rings (SSSR count). The SMILES string of the molecule is CCCCn1nc(C)c(/C=C/C(=O)NCCOc2ccc3c(c2)CCC(=O)N3)c1Cl. The molecule has 0 bridgehead atoms. The van der Waals surface area contributed by atoms with Crippen LogP contribution in [0.4, 0.5) is 5.69 Å². The van der Waals surface area contributed by atoms with Crippen molar-refractivity contribution in [2.45, 2.75) is 46.1 Å². The van der Waals surface area contributed by atoms with Crippen LogP contribution in [0.2, 0.25) is 5.15 Å². The van der Waals surface area contributed by atoms with Gasteiger partial charge in [-0.1, -0.05) is 24.9 Å². The summed E-state index contributed by atoms with van der Waals surface area (Å²) in [6.07, 6.45) is 6.41. The minimum Gasteiger partial charge on any atom is -0.492 e. The van der Waals surface area contributed by atoms with Gasteiger partial charge < -0.3 is 15.4 Å². The number of unbranched alkanes of at least 4 members (excludes halogenated alkanes) is 1. The molecule has 0 fully saturated rings. The molecule has 2 amide bonds. The quantitative estimate of drug-likeness (QED) is 0.468. The van der Waals surface area contributed by atoms with E-state index in [1.54, 1.807) is 10.8 Å². The van der Waals surface area contributed by atoms with Crippen molar-refractivity contribution in [1.82, 2.24) is 15.1 Å². The van der Waals surface area contributed by atoms with Crippen LogP contribution >= 0.6 is 11.6 Å². The van der Waals surface area contributed by atoms with Crippen LogP contribution in [0.3, 0.4) is 0 Å². The van der Waals surface area contributed by atoms with Crippen molar-refractivity contribution < 1.29 is 14.3 Å². The zero-order chi connectivity index (χ0) is 21.5. The standard InChI is InChI=1S/C22H27ClN4O3/c1-3-4-12-27-22(23)18(15(2)26-27)7-10-20(28)24-11-13-30-17-6-8-19-16(14-17)5-9-21(29)25-19/h6-8,10,14H,3-5,9,11-13H2,1-2H3,(H,24,28)(H,25,29)/b10-7+. The number of anilines is 1. The van der Waals surface area contributed by atoms with Crippen molar-refractivity contribution in [3.05, 3.63) is 46.2 Å². The molecular formula is C22H27ClN4O3. The van der Waals surface area contributed by atoms with Crippen LogP contribution in [0, 0.1) is 6.92 Å². The highest BCUT2D eigenvalue weighted by Gasteiger charge is 2.15. The summed E-state index contributed by atoms with van der Waals surface area (Å²) in [5, 5.41) is 10.6. The van der Waals surface area contributed by atoms with Gasteiger partial charge in [-0.25, -0.2) is 0 Å². The molecule has 2 heterocycles. The highest BCUT2D eigenvalue weighted by atomic mass is 35.5. The number of carbonyl (C=O) groups is 2. The Kier molecular flexibility index (Phi) is 7.52. The summed E-state index contributed by atoms with van der Waals surface area (Å²) in [4.78, 5) is 23.5. The number of carbonyl (C=O) groups excluding carboxylic acids is 2. The van der Waals surface area contributed by atoms with Gasteiger partial charge in [-0.3, -0.25) is 14.3 Å². The van der Waals surface area contributed by atoms with Crippen LogP contribution in [0.15, 0.2) is 24.3 Å². The lowest BCUT2D eigenvalue weighted by Crippen LogP contribution is -2.26. The summed E-state index contributed by atoms with van der Waals surface area (Å²) in [5.41, 5.74) is 3.46. The van der Waals surface area contributed by atoms with E-state index in [1.165, 1.54) is 6.08 Å². The Morgan fingerprint density at radius 3 is 3.03 bits per heavy atom. The number of benzene rings is 1. The molecule has 1 aliphatic heterocycles. The Morgan fingerprint density at radius 2 is 2.23 bits per heavy atom. The van der Waals surface area contributed by atoms with Gasteiger partial charge in [0.15, 0.2) is 0 Å². The van der Waals surface area contributed by atoms with Gasteiger partial charge in [-0.05, 0) is 49.6 Å². The number of nitrogens with zero attached hydrogens (tertiary/aromatic N) is 2. The maximum absolute atomic E-state index is 12.1. The lowest BCUT2D eigenvalue weighted by molar-refractivity contribution is -0.117. The number of aryl methyl sites for hydroxylation is 3. The predicted octanol–water partition coefficient (Wildman–Crippen LogP) is 3.74. The zero-order valence-electron chi connectivity index (χ0n) is 17.3. The highest BCUT2D eigenvalue weighted by molar-refractivity contribution is 6.31. The van der Waals surface area contributed by atoms with E-state index in [4.69, 9.17) is 16.3 Å². The third-order valence-electron chi connectivity index (χ3n) is 4.88. The largest absolute Gasteiger partial charge is 0.492 e. The van der Waals surface area contributed by atoms with Crippen LogP contribution in [-0.4, -0.2) is 34.7 Å². The Labute approximate surface area is 181 Å². The number of aromatic nitrogens is 2. The summed E-state index contributed by atoms with van der Waals surface area (Å²) < 4.78 is 7.48. The number of hydrogen-bond acceptors (Lipinski definition) is 4. The fraction of sp³-hybridized carbons (Fsp3) is 0.409. The second-order valence-electron chi connectivity index (χ2n) is 7.21. The van der Waals surface area contributed by atoms with Crippen LogP contribution in [0.25, 0.3) is 6.08 Å². The molecule has 0 aliphatic carbocycles. The topological polar surface area (TPSA) is 85.2 Å². The Balaban J connectivity index is 1.45. The van der Waals surface area contributed by atoms with Crippen molar-refractivity contribution >= 4 is 35.2 Å². The van der Waals surface area contributed by atoms with Gasteiger partial charge in [-0.15, -0.1) is 0 Å². The lowest BCUT2D eigenvalue weighted by atomic mass is 10.0. The first kappa shape index (κ1) is 21.9.